The minimum atomic E-state index is -3.69. The number of aromatic nitrogens is 1. The third kappa shape index (κ3) is 5.18. The number of halogens is 1. The Hall–Kier alpha value is -2.97. The fourth-order valence-corrected chi connectivity index (χ4v) is 6.45. The first-order chi connectivity index (χ1) is 16.9. The summed E-state index contributed by atoms with van der Waals surface area (Å²) in [6, 6.07) is 26.5. The smallest absolute Gasteiger partial charge is 0.294 e. The highest BCUT2D eigenvalue weighted by Crippen LogP contribution is 2.23. The van der Waals surface area contributed by atoms with Crippen molar-refractivity contribution >= 4 is 54.0 Å². The van der Waals surface area contributed by atoms with Gasteiger partial charge in [-0.2, -0.15) is 0 Å². The highest BCUT2D eigenvalue weighted by molar-refractivity contribution is 7.89. The fourth-order valence-electron chi connectivity index (χ4n) is 4.22. The molecule has 0 bridgehead atoms. The van der Waals surface area contributed by atoms with E-state index in [0.717, 1.165) is 23.3 Å². The summed E-state index contributed by atoms with van der Waals surface area (Å²) < 4.78 is 30.8. The van der Waals surface area contributed by atoms with Crippen molar-refractivity contribution in [3.05, 3.63) is 111 Å². The molecule has 0 aliphatic heterocycles. The van der Waals surface area contributed by atoms with Crippen LogP contribution in [0.5, 0.6) is 0 Å². The van der Waals surface area contributed by atoms with Gasteiger partial charge in [0.15, 0.2) is 0 Å². The summed E-state index contributed by atoms with van der Waals surface area (Å²) >= 11 is 7.00. The Bertz CT molecular complexity index is 1670. The van der Waals surface area contributed by atoms with E-state index in [1.54, 1.807) is 34.9 Å². The molecule has 178 valence electrons. The van der Waals surface area contributed by atoms with E-state index in [-0.39, 0.29) is 9.77 Å². The van der Waals surface area contributed by atoms with Crippen LogP contribution in [0.25, 0.3) is 21.0 Å². The summed E-state index contributed by atoms with van der Waals surface area (Å²) in [7, 11) is -3.69. The van der Waals surface area contributed by atoms with Gasteiger partial charge in [-0.15, -0.1) is 0 Å². The van der Waals surface area contributed by atoms with E-state index in [1.165, 1.54) is 16.3 Å². The van der Waals surface area contributed by atoms with Gasteiger partial charge in [0, 0.05) is 11.6 Å². The zero-order valence-electron chi connectivity index (χ0n) is 18.8. The number of sulfonamides is 1. The van der Waals surface area contributed by atoms with Crippen LogP contribution < -0.4 is 9.60 Å². The Labute approximate surface area is 212 Å². The number of thiazole rings is 1. The van der Waals surface area contributed by atoms with E-state index in [9.17, 15) is 13.2 Å². The van der Waals surface area contributed by atoms with Gasteiger partial charge in [-0.25, -0.2) is 13.1 Å². The molecule has 5 nitrogen and oxygen atoms in total. The molecule has 0 aliphatic carbocycles. The minimum Gasteiger partial charge on any atom is -0.294 e. The average molecular weight is 523 g/mol. The number of nitrogens with one attached hydrogen (secondary N) is 1. The monoisotopic (exact) mass is 522 g/mol. The second kappa shape index (κ2) is 9.95. The van der Waals surface area contributed by atoms with E-state index in [2.05, 4.69) is 29.0 Å². The molecular weight excluding hydrogens is 500 g/mol. The highest BCUT2D eigenvalue weighted by atomic mass is 35.5. The summed E-state index contributed by atoms with van der Waals surface area (Å²) in [4.78, 5) is 12.6. The lowest BCUT2D eigenvalue weighted by Crippen LogP contribution is -2.25. The van der Waals surface area contributed by atoms with Gasteiger partial charge in [0.05, 0.1) is 21.7 Å². The van der Waals surface area contributed by atoms with Crippen molar-refractivity contribution in [3.8, 4) is 0 Å². The number of fused-ring (bicyclic) bond motifs is 2. The first kappa shape index (κ1) is 23.8. The van der Waals surface area contributed by atoms with E-state index in [1.807, 2.05) is 30.3 Å². The molecule has 0 atom stereocenters. The lowest BCUT2D eigenvalue weighted by molar-refractivity contribution is 0.579. The third-order valence-electron chi connectivity index (χ3n) is 6.00. The number of benzene rings is 4. The maximum absolute atomic E-state index is 12.9. The summed E-state index contributed by atoms with van der Waals surface area (Å²) in [6.07, 6.45) is 1.46. The zero-order chi connectivity index (χ0) is 24.4. The van der Waals surface area contributed by atoms with Crippen molar-refractivity contribution < 1.29 is 8.42 Å². The normalized spacial score (nSPS) is 11.9. The van der Waals surface area contributed by atoms with Gasteiger partial charge in [-0.1, -0.05) is 77.5 Å². The van der Waals surface area contributed by atoms with Crippen LogP contribution in [0.1, 0.15) is 17.5 Å². The number of hydrogen-bond acceptors (Lipinski definition) is 4. The van der Waals surface area contributed by atoms with Crippen molar-refractivity contribution in [1.82, 2.24) is 9.29 Å². The number of aryl methyl sites for hydroxylation is 1. The van der Waals surface area contributed by atoms with Crippen LogP contribution in [-0.4, -0.2) is 19.5 Å². The Kier molecular flexibility index (Phi) is 6.75. The van der Waals surface area contributed by atoms with Crippen molar-refractivity contribution in [1.29, 1.82) is 0 Å². The molecule has 1 N–H and O–H groups in total. The number of nitrogens with zero attached hydrogens (tertiary/aromatic N) is 1. The maximum atomic E-state index is 12.9. The Balaban J connectivity index is 1.28. The van der Waals surface area contributed by atoms with Crippen LogP contribution in [-0.2, 0) is 23.0 Å². The molecule has 5 aromatic rings. The van der Waals surface area contributed by atoms with Crippen molar-refractivity contribution in [2.45, 2.75) is 24.3 Å². The lowest BCUT2D eigenvalue weighted by Gasteiger charge is -2.09. The Morgan fingerprint density at radius 2 is 1.69 bits per heavy atom. The van der Waals surface area contributed by atoms with Gasteiger partial charge in [0.2, 0.25) is 10.0 Å². The fraction of sp³-hybridized carbons (Fsp3) is 0.148. The average Bonchev–Trinajstić information content (AvgIpc) is 3.17. The van der Waals surface area contributed by atoms with E-state index >= 15 is 0 Å². The summed E-state index contributed by atoms with van der Waals surface area (Å²) in [6.45, 7) is 0.728. The summed E-state index contributed by atoms with van der Waals surface area (Å²) in [5, 5.41) is 3.01. The van der Waals surface area contributed by atoms with Crippen molar-refractivity contribution in [3.63, 3.8) is 0 Å². The van der Waals surface area contributed by atoms with E-state index in [0.29, 0.717) is 34.7 Å². The standard InChI is InChI=1S/C27H23ClN2O3S2/c28-22-12-10-19(11-13-22)18-30-25-15-14-23(17-26(25)34-27(30)31)35(32,33)29-16-4-8-21-7-3-6-20-5-1-2-9-24(20)21/h1-3,5-7,9-15,17,29H,4,8,16,18H2. The van der Waals surface area contributed by atoms with E-state index < -0.39 is 10.0 Å². The predicted octanol–water partition coefficient (Wildman–Crippen LogP) is 5.83. The number of rotatable bonds is 8. The van der Waals surface area contributed by atoms with Gasteiger partial charge in [-0.05, 0) is 65.1 Å². The van der Waals surface area contributed by atoms with Gasteiger partial charge >= 0.3 is 4.87 Å². The van der Waals surface area contributed by atoms with Gasteiger partial charge < -0.3 is 0 Å². The molecule has 8 heteroatoms. The molecule has 0 fully saturated rings. The largest absolute Gasteiger partial charge is 0.308 e. The van der Waals surface area contributed by atoms with Crippen LogP contribution in [0.15, 0.2) is 94.6 Å². The minimum absolute atomic E-state index is 0.132. The lowest BCUT2D eigenvalue weighted by atomic mass is 10.0. The van der Waals surface area contributed by atoms with Crippen LogP contribution in [0.4, 0.5) is 0 Å². The molecular formula is C27H23ClN2O3S2. The molecule has 0 amide bonds. The SMILES string of the molecule is O=c1sc2cc(S(=O)(=O)NCCCc3cccc4ccccc34)ccc2n1Cc1ccc(Cl)cc1. The summed E-state index contributed by atoms with van der Waals surface area (Å²) in [5.74, 6) is 0. The molecule has 0 unspecified atom stereocenters. The van der Waals surface area contributed by atoms with Gasteiger partial charge in [-0.3, -0.25) is 9.36 Å². The third-order valence-corrected chi connectivity index (χ3v) is 8.65. The predicted molar refractivity (Wildman–Crippen MR) is 144 cm³/mol. The van der Waals surface area contributed by atoms with Crippen LogP contribution in [0.2, 0.25) is 5.02 Å². The first-order valence-electron chi connectivity index (χ1n) is 11.2. The maximum Gasteiger partial charge on any atom is 0.308 e. The summed E-state index contributed by atoms with van der Waals surface area (Å²) in [5.41, 5.74) is 2.86. The van der Waals surface area contributed by atoms with E-state index in [4.69, 9.17) is 11.6 Å². The van der Waals surface area contributed by atoms with Crippen LogP contribution in [0, 0.1) is 0 Å². The van der Waals surface area contributed by atoms with Crippen LogP contribution >= 0.6 is 22.9 Å². The molecule has 0 saturated carbocycles. The van der Waals surface area contributed by atoms with Gasteiger partial charge in [0.1, 0.15) is 0 Å². The molecule has 0 radical (unpaired) electrons. The van der Waals surface area contributed by atoms with Crippen molar-refractivity contribution in [2.24, 2.45) is 0 Å². The van der Waals surface area contributed by atoms with Crippen LogP contribution in [0.3, 0.4) is 0 Å². The number of hydrogen-bond donors (Lipinski definition) is 1. The van der Waals surface area contributed by atoms with Gasteiger partial charge in [0.25, 0.3) is 0 Å². The second-order valence-electron chi connectivity index (χ2n) is 8.35. The molecule has 5 rings (SSSR count). The molecule has 0 aliphatic rings. The van der Waals surface area contributed by atoms with Crippen molar-refractivity contribution in [2.75, 3.05) is 6.54 Å². The first-order valence-corrected chi connectivity index (χ1v) is 13.9. The topological polar surface area (TPSA) is 68.2 Å². The quantitative estimate of drug-likeness (QED) is 0.261. The zero-order valence-corrected chi connectivity index (χ0v) is 21.2. The molecule has 4 aromatic carbocycles. The molecule has 1 heterocycles. The highest BCUT2D eigenvalue weighted by Gasteiger charge is 2.17. The second-order valence-corrected chi connectivity index (χ2v) is 11.5. The molecule has 35 heavy (non-hydrogen) atoms. The Morgan fingerprint density at radius 1 is 0.914 bits per heavy atom. The molecule has 0 spiro atoms. The molecule has 0 saturated heterocycles. The Morgan fingerprint density at radius 3 is 2.51 bits per heavy atom. The molecule has 1 aromatic heterocycles.